The van der Waals surface area contributed by atoms with Crippen molar-refractivity contribution in [2.45, 2.75) is 0 Å². The first kappa shape index (κ1) is 14.8. The number of fused-ring (bicyclic) bond motifs is 1. The molecule has 0 aliphatic rings. The van der Waals surface area contributed by atoms with Crippen LogP contribution >= 0.6 is 0 Å². The van der Waals surface area contributed by atoms with Crippen molar-refractivity contribution in [1.29, 1.82) is 0 Å². The van der Waals surface area contributed by atoms with Crippen molar-refractivity contribution in [3.8, 4) is 0 Å². The Hall–Kier alpha value is -3.63. The first-order valence-corrected chi connectivity index (χ1v) is 5.50. The van der Waals surface area contributed by atoms with E-state index in [1.54, 1.807) is 0 Å². The maximum absolute atomic E-state index is 11.0. The van der Waals surface area contributed by atoms with Crippen LogP contribution in [0.5, 0.6) is 0 Å². The SMILES string of the molecule is O=C(O)c1cc([N+](=O)[O-])c2c([N+](=O)[O-])cc([N+](=O)[O-])cc2c1. The summed E-state index contributed by atoms with van der Waals surface area (Å²) in [5, 5.41) is 41.0. The fourth-order valence-corrected chi connectivity index (χ4v) is 1.97. The summed E-state index contributed by atoms with van der Waals surface area (Å²) in [6.07, 6.45) is 0. The van der Waals surface area contributed by atoms with Gasteiger partial charge >= 0.3 is 5.97 Å². The Bertz CT molecular complexity index is 793. The zero-order valence-corrected chi connectivity index (χ0v) is 10.5. The molecule has 2 aromatic rings. The number of nitro benzene ring substituents is 3. The van der Waals surface area contributed by atoms with Gasteiger partial charge in [0.1, 0.15) is 5.39 Å². The van der Waals surface area contributed by atoms with E-state index in [1.807, 2.05) is 0 Å². The number of benzene rings is 2. The molecule has 22 heavy (non-hydrogen) atoms. The highest BCUT2D eigenvalue weighted by Gasteiger charge is 2.28. The highest BCUT2D eigenvalue weighted by molar-refractivity contribution is 6.04. The summed E-state index contributed by atoms with van der Waals surface area (Å²) in [4.78, 5) is 40.9. The van der Waals surface area contributed by atoms with Crippen molar-refractivity contribution in [3.05, 3.63) is 60.2 Å². The highest BCUT2D eigenvalue weighted by Crippen LogP contribution is 2.37. The molecule has 0 bridgehead atoms. The molecule has 0 aromatic heterocycles. The van der Waals surface area contributed by atoms with E-state index in [0.29, 0.717) is 12.1 Å². The van der Waals surface area contributed by atoms with Crippen LogP contribution in [0.2, 0.25) is 0 Å². The molecule has 0 radical (unpaired) electrons. The topological polar surface area (TPSA) is 167 Å². The summed E-state index contributed by atoms with van der Waals surface area (Å²) in [5.41, 5.74) is -2.82. The van der Waals surface area contributed by atoms with Gasteiger partial charge in [-0.25, -0.2) is 4.79 Å². The summed E-state index contributed by atoms with van der Waals surface area (Å²) in [7, 11) is 0. The molecule has 11 heteroatoms. The van der Waals surface area contributed by atoms with Gasteiger partial charge in [0.2, 0.25) is 0 Å². The van der Waals surface area contributed by atoms with Crippen molar-refractivity contribution < 1.29 is 24.7 Å². The second-order valence-electron chi connectivity index (χ2n) is 4.13. The highest BCUT2D eigenvalue weighted by atomic mass is 16.6. The number of rotatable bonds is 4. The monoisotopic (exact) mass is 307 g/mol. The van der Waals surface area contributed by atoms with Crippen molar-refractivity contribution >= 4 is 33.8 Å². The van der Waals surface area contributed by atoms with Crippen LogP contribution in [-0.2, 0) is 0 Å². The molecule has 0 saturated heterocycles. The van der Waals surface area contributed by atoms with Gasteiger partial charge in [-0.3, -0.25) is 30.3 Å². The fraction of sp³-hybridized carbons (Fsp3) is 0. The van der Waals surface area contributed by atoms with E-state index < -0.39 is 48.8 Å². The zero-order chi connectivity index (χ0) is 16.6. The van der Waals surface area contributed by atoms with Crippen LogP contribution in [0.4, 0.5) is 17.1 Å². The third-order valence-corrected chi connectivity index (χ3v) is 2.84. The average molecular weight is 307 g/mol. The van der Waals surface area contributed by atoms with Gasteiger partial charge in [0, 0.05) is 17.5 Å². The minimum absolute atomic E-state index is 0.271. The Labute approximate surface area is 119 Å². The standard InChI is InChI=1S/C11H5N3O8/c15-11(16)6-1-5-2-7(12(17)18)4-9(14(21)22)10(5)8(3-6)13(19)20/h1-4H,(H,15,16). The van der Waals surface area contributed by atoms with Crippen molar-refractivity contribution in [2.75, 3.05) is 0 Å². The van der Waals surface area contributed by atoms with Crippen LogP contribution in [0.15, 0.2) is 24.3 Å². The van der Waals surface area contributed by atoms with E-state index in [4.69, 9.17) is 5.11 Å². The third-order valence-electron chi connectivity index (χ3n) is 2.84. The van der Waals surface area contributed by atoms with Crippen LogP contribution in [0.1, 0.15) is 10.4 Å². The van der Waals surface area contributed by atoms with Gasteiger partial charge < -0.3 is 5.11 Å². The second kappa shape index (κ2) is 5.05. The second-order valence-corrected chi connectivity index (χ2v) is 4.13. The zero-order valence-electron chi connectivity index (χ0n) is 10.5. The molecule has 0 atom stereocenters. The number of carbonyl (C=O) groups is 1. The number of hydrogen-bond acceptors (Lipinski definition) is 7. The van der Waals surface area contributed by atoms with Gasteiger partial charge in [0.15, 0.2) is 0 Å². The summed E-state index contributed by atoms with van der Waals surface area (Å²) in [6, 6.07) is 3.02. The predicted molar refractivity (Wildman–Crippen MR) is 70.9 cm³/mol. The van der Waals surface area contributed by atoms with Gasteiger partial charge in [-0.1, -0.05) is 0 Å². The van der Waals surface area contributed by atoms with Crippen LogP contribution in [0, 0.1) is 30.3 Å². The lowest BCUT2D eigenvalue weighted by atomic mass is 10.0. The lowest BCUT2D eigenvalue weighted by Gasteiger charge is -2.03. The van der Waals surface area contributed by atoms with Gasteiger partial charge in [-0.15, -0.1) is 0 Å². The summed E-state index contributed by atoms with van der Waals surface area (Å²) < 4.78 is 0. The normalized spacial score (nSPS) is 10.4. The molecular weight excluding hydrogens is 302 g/mol. The predicted octanol–water partition coefficient (Wildman–Crippen LogP) is 2.26. The van der Waals surface area contributed by atoms with Gasteiger partial charge in [0.25, 0.3) is 17.1 Å². The van der Waals surface area contributed by atoms with E-state index in [2.05, 4.69) is 0 Å². The quantitative estimate of drug-likeness (QED) is 0.662. The molecule has 2 aromatic carbocycles. The summed E-state index contributed by atoms with van der Waals surface area (Å²) >= 11 is 0. The number of nitrogens with zero attached hydrogens (tertiary/aromatic N) is 3. The Balaban J connectivity index is 3.03. The lowest BCUT2D eigenvalue weighted by molar-refractivity contribution is -0.395. The molecule has 0 heterocycles. The Kier molecular flexibility index (Phi) is 3.39. The molecule has 112 valence electrons. The molecule has 0 amide bonds. The van der Waals surface area contributed by atoms with Crippen molar-refractivity contribution in [2.24, 2.45) is 0 Å². The van der Waals surface area contributed by atoms with Crippen molar-refractivity contribution in [1.82, 2.24) is 0 Å². The van der Waals surface area contributed by atoms with Crippen LogP contribution in [0.3, 0.4) is 0 Å². The largest absolute Gasteiger partial charge is 0.478 e. The van der Waals surface area contributed by atoms with Crippen LogP contribution in [-0.4, -0.2) is 25.8 Å². The molecule has 0 saturated carbocycles. The number of aromatic carboxylic acids is 1. The number of nitro groups is 3. The number of non-ortho nitro benzene ring substituents is 3. The Morgan fingerprint density at radius 3 is 1.86 bits per heavy atom. The molecule has 0 aliphatic heterocycles. The van der Waals surface area contributed by atoms with Gasteiger partial charge in [-0.05, 0) is 6.07 Å². The summed E-state index contributed by atoms with van der Waals surface area (Å²) in [5.74, 6) is -1.50. The maximum Gasteiger partial charge on any atom is 0.335 e. The van der Waals surface area contributed by atoms with Crippen LogP contribution in [0.25, 0.3) is 10.8 Å². The number of carboxylic acids is 1. The Morgan fingerprint density at radius 2 is 1.41 bits per heavy atom. The van der Waals surface area contributed by atoms with E-state index in [1.165, 1.54) is 0 Å². The van der Waals surface area contributed by atoms with Gasteiger partial charge in [0.05, 0.1) is 26.4 Å². The molecule has 0 aliphatic carbocycles. The molecular formula is C11H5N3O8. The molecule has 11 nitrogen and oxygen atoms in total. The number of hydrogen-bond donors (Lipinski definition) is 1. The molecule has 0 unspecified atom stereocenters. The van der Waals surface area contributed by atoms with E-state index >= 15 is 0 Å². The molecule has 2 rings (SSSR count). The average Bonchev–Trinajstić information content (AvgIpc) is 2.43. The lowest BCUT2D eigenvalue weighted by Crippen LogP contribution is -2.02. The van der Waals surface area contributed by atoms with Crippen molar-refractivity contribution in [3.63, 3.8) is 0 Å². The van der Waals surface area contributed by atoms with E-state index in [-0.39, 0.29) is 5.39 Å². The van der Waals surface area contributed by atoms with E-state index in [0.717, 1.165) is 12.1 Å². The maximum atomic E-state index is 11.0. The third kappa shape index (κ3) is 2.37. The molecule has 0 fully saturated rings. The minimum atomic E-state index is -1.50. The van der Waals surface area contributed by atoms with Crippen LogP contribution < -0.4 is 0 Å². The first-order chi connectivity index (χ1) is 10.2. The first-order valence-electron chi connectivity index (χ1n) is 5.50. The molecule has 0 spiro atoms. The molecule has 1 N–H and O–H groups in total. The van der Waals surface area contributed by atoms with E-state index in [9.17, 15) is 35.1 Å². The van der Waals surface area contributed by atoms with Gasteiger partial charge in [-0.2, -0.15) is 0 Å². The minimum Gasteiger partial charge on any atom is -0.478 e. The fourth-order valence-electron chi connectivity index (χ4n) is 1.97. The Morgan fingerprint density at radius 1 is 0.864 bits per heavy atom. The summed E-state index contributed by atoms with van der Waals surface area (Å²) in [6.45, 7) is 0. The number of carboxylic acid groups (broad SMARTS) is 1. The smallest absolute Gasteiger partial charge is 0.335 e.